The highest BCUT2D eigenvalue weighted by molar-refractivity contribution is 5.89. The summed E-state index contributed by atoms with van der Waals surface area (Å²) in [4.78, 5) is 55.0. The molecule has 6 heterocycles. The first-order chi connectivity index (χ1) is 28.1. The largest absolute Gasteiger partial charge is 0.490 e. The molecule has 58 heavy (non-hydrogen) atoms. The van der Waals surface area contributed by atoms with E-state index in [0.717, 1.165) is 11.4 Å². The maximum absolute atomic E-state index is 12.4. The molecule has 2 fully saturated rings. The van der Waals surface area contributed by atoms with Crippen molar-refractivity contribution in [3.8, 4) is 11.5 Å². The van der Waals surface area contributed by atoms with E-state index in [1.165, 1.54) is 0 Å². The molecule has 0 saturated carbocycles. The SMILES string of the molecule is CC(C)[C@H]1COC(=O)N1c1ccnc(C[C@@H](C)c2ccc(OCCOCCOCCOc3ccc([C@H](C)Nc4nccc(N5C(=O)OC[C@@H]5C(C)C)n4)nc3)cn2)n1. The molecule has 2 amide bonds. The summed E-state index contributed by atoms with van der Waals surface area (Å²) in [5.41, 5.74) is 1.67. The predicted molar refractivity (Wildman–Crippen MR) is 214 cm³/mol. The number of carbonyl (C=O) groups excluding carboxylic acids is 2. The summed E-state index contributed by atoms with van der Waals surface area (Å²) < 4.78 is 33.4. The van der Waals surface area contributed by atoms with Gasteiger partial charge in [0.1, 0.15) is 55.4 Å². The van der Waals surface area contributed by atoms with Crippen molar-refractivity contribution in [3.05, 3.63) is 78.4 Å². The Labute approximate surface area is 338 Å². The molecule has 2 aliphatic rings. The lowest BCUT2D eigenvalue weighted by Gasteiger charge is -2.23. The number of hydrogen-bond acceptors (Lipinski definition) is 15. The molecule has 2 saturated heterocycles. The van der Waals surface area contributed by atoms with Crippen LogP contribution in [0, 0.1) is 11.8 Å². The normalized spacial score (nSPS) is 17.7. The maximum Gasteiger partial charge on any atom is 0.415 e. The minimum Gasteiger partial charge on any atom is -0.490 e. The van der Waals surface area contributed by atoms with Crippen molar-refractivity contribution < 1.29 is 38.0 Å². The van der Waals surface area contributed by atoms with Crippen LogP contribution in [0.2, 0.25) is 0 Å². The highest BCUT2D eigenvalue weighted by Gasteiger charge is 2.38. The maximum atomic E-state index is 12.4. The van der Waals surface area contributed by atoms with Crippen LogP contribution >= 0.6 is 0 Å². The number of ether oxygens (including phenoxy) is 6. The van der Waals surface area contributed by atoms with Crippen LogP contribution in [-0.2, 0) is 25.4 Å². The molecule has 310 valence electrons. The summed E-state index contributed by atoms with van der Waals surface area (Å²) in [5.74, 6) is 3.85. The Morgan fingerprint density at radius 1 is 0.655 bits per heavy atom. The fourth-order valence-corrected chi connectivity index (χ4v) is 6.46. The van der Waals surface area contributed by atoms with Crippen molar-refractivity contribution in [1.82, 2.24) is 29.9 Å². The summed E-state index contributed by atoms with van der Waals surface area (Å²) in [6.45, 7) is 15.3. The van der Waals surface area contributed by atoms with Crippen molar-refractivity contribution in [2.75, 3.05) is 68.0 Å². The van der Waals surface area contributed by atoms with Gasteiger partial charge in [0.25, 0.3) is 0 Å². The van der Waals surface area contributed by atoms with Gasteiger partial charge >= 0.3 is 12.2 Å². The number of nitrogens with one attached hydrogen (secondary N) is 1. The van der Waals surface area contributed by atoms with E-state index in [9.17, 15) is 9.59 Å². The number of hydrogen-bond donors (Lipinski definition) is 1. The number of amides is 2. The minimum atomic E-state index is -0.403. The Kier molecular flexibility index (Phi) is 14.6. The van der Waals surface area contributed by atoms with Gasteiger partial charge < -0.3 is 33.7 Å². The molecule has 0 aliphatic carbocycles. The third kappa shape index (κ3) is 11.0. The summed E-state index contributed by atoms with van der Waals surface area (Å²) >= 11 is 0. The molecule has 6 rings (SSSR count). The van der Waals surface area contributed by atoms with E-state index in [0.29, 0.717) is 94.2 Å². The fourth-order valence-electron chi connectivity index (χ4n) is 6.46. The molecule has 4 aromatic heterocycles. The predicted octanol–water partition coefficient (Wildman–Crippen LogP) is 6.03. The summed E-state index contributed by atoms with van der Waals surface area (Å²) in [7, 11) is 0. The number of carbonyl (C=O) groups is 2. The van der Waals surface area contributed by atoms with E-state index >= 15 is 0 Å². The monoisotopic (exact) mass is 799 g/mol. The van der Waals surface area contributed by atoms with E-state index in [1.807, 2.05) is 45.0 Å². The molecule has 2 aliphatic heterocycles. The summed E-state index contributed by atoms with van der Waals surface area (Å²) in [6, 6.07) is 10.7. The summed E-state index contributed by atoms with van der Waals surface area (Å²) in [5, 5.41) is 3.26. The molecular weight excluding hydrogens is 747 g/mol. The lowest BCUT2D eigenvalue weighted by atomic mass is 10.0. The first kappa shape index (κ1) is 41.9. The molecule has 4 atom stereocenters. The third-order valence-corrected chi connectivity index (χ3v) is 9.84. The van der Waals surface area contributed by atoms with E-state index < -0.39 is 6.09 Å². The van der Waals surface area contributed by atoms with Gasteiger partial charge in [-0.3, -0.25) is 19.8 Å². The van der Waals surface area contributed by atoms with Gasteiger partial charge in [-0.15, -0.1) is 0 Å². The lowest BCUT2D eigenvalue weighted by molar-refractivity contribution is 0.0273. The highest BCUT2D eigenvalue weighted by atomic mass is 16.6. The van der Waals surface area contributed by atoms with Crippen LogP contribution in [0.25, 0.3) is 0 Å². The Hall–Kier alpha value is -5.68. The molecule has 4 aromatic rings. The first-order valence-electron chi connectivity index (χ1n) is 19.7. The average molecular weight is 800 g/mol. The van der Waals surface area contributed by atoms with Crippen LogP contribution in [-0.4, -0.2) is 107 Å². The molecule has 0 unspecified atom stereocenters. The number of nitrogens with zero attached hydrogens (tertiary/aromatic N) is 8. The molecule has 17 nitrogen and oxygen atoms in total. The van der Waals surface area contributed by atoms with Gasteiger partial charge in [0, 0.05) is 30.4 Å². The van der Waals surface area contributed by atoms with Gasteiger partial charge in [-0.05, 0) is 55.2 Å². The van der Waals surface area contributed by atoms with Gasteiger partial charge in [0.05, 0.1) is 62.6 Å². The Balaban J connectivity index is 0.822. The van der Waals surface area contributed by atoms with Crippen LogP contribution in [0.15, 0.2) is 61.2 Å². The topological polar surface area (TPSA) is 185 Å². The van der Waals surface area contributed by atoms with Gasteiger partial charge in [-0.25, -0.2) is 24.5 Å². The molecular formula is C41H53N9O8. The zero-order valence-corrected chi connectivity index (χ0v) is 33.9. The van der Waals surface area contributed by atoms with E-state index in [-0.39, 0.29) is 42.0 Å². The second-order valence-corrected chi connectivity index (χ2v) is 14.8. The van der Waals surface area contributed by atoms with Crippen LogP contribution in [0.3, 0.4) is 0 Å². The van der Waals surface area contributed by atoms with Crippen LogP contribution in [0.1, 0.15) is 70.7 Å². The quantitative estimate of drug-likeness (QED) is 0.0963. The Morgan fingerprint density at radius 2 is 1.17 bits per heavy atom. The van der Waals surface area contributed by atoms with Crippen molar-refractivity contribution >= 4 is 29.8 Å². The molecule has 0 radical (unpaired) electrons. The van der Waals surface area contributed by atoms with Gasteiger partial charge in [0.15, 0.2) is 0 Å². The number of pyridine rings is 2. The van der Waals surface area contributed by atoms with Crippen LogP contribution in [0.5, 0.6) is 11.5 Å². The smallest absolute Gasteiger partial charge is 0.415 e. The molecule has 1 N–H and O–H groups in total. The second kappa shape index (κ2) is 20.1. The first-order valence-corrected chi connectivity index (χ1v) is 19.7. The van der Waals surface area contributed by atoms with Gasteiger partial charge in [-0.2, -0.15) is 4.98 Å². The van der Waals surface area contributed by atoms with Crippen molar-refractivity contribution in [1.29, 1.82) is 0 Å². The standard InChI is InChI=1S/C41H53N9O8/c1-26(2)34-24-57-40(51)49(34)37-11-13-42-36(47-37)21-28(5)32-9-7-30(22-44-32)55-19-17-53-15-16-54-18-20-56-31-8-10-33(45-23-31)29(6)46-39-43-14-12-38(48-39)50-35(27(3)4)25-58-41(50)52/h7-14,22-23,26-29,34-35H,15-21,24-25H2,1-6H3,(H,43,46,48)/t28-,29+,34-,35-/m1/s1. The van der Waals surface area contributed by atoms with Crippen molar-refractivity contribution in [2.24, 2.45) is 11.8 Å². The lowest BCUT2D eigenvalue weighted by Crippen LogP contribution is -2.37. The fraction of sp³-hybridized carbons (Fsp3) is 0.512. The highest BCUT2D eigenvalue weighted by Crippen LogP contribution is 2.28. The van der Waals surface area contributed by atoms with Crippen LogP contribution in [0.4, 0.5) is 27.2 Å². The van der Waals surface area contributed by atoms with Gasteiger partial charge in [0.2, 0.25) is 5.95 Å². The van der Waals surface area contributed by atoms with Crippen molar-refractivity contribution in [2.45, 2.75) is 72.0 Å². The number of cyclic esters (lactones) is 2. The van der Waals surface area contributed by atoms with Crippen LogP contribution < -0.4 is 24.6 Å². The van der Waals surface area contributed by atoms with E-state index in [1.54, 1.807) is 46.7 Å². The number of rotatable bonds is 21. The molecule has 0 bridgehead atoms. The zero-order chi connectivity index (χ0) is 41.0. The Morgan fingerprint density at radius 3 is 1.71 bits per heavy atom. The second-order valence-electron chi connectivity index (χ2n) is 14.8. The number of aromatic nitrogens is 6. The minimum absolute atomic E-state index is 0.0503. The number of anilines is 3. The van der Waals surface area contributed by atoms with E-state index in [4.69, 9.17) is 28.4 Å². The van der Waals surface area contributed by atoms with E-state index in [2.05, 4.69) is 56.0 Å². The zero-order valence-electron chi connectivity index (χ0n) is 33.9. The third-order valence-electron chi connectivity index (χ3n) is 9.84. The van der Waals surface area contributed by atoms with Gasteiger partial charge in [-0.1, -0.05) is 34.6 Å². The molecule has 0 spiro atoms. The average Bonchev–Trinajstić information content (AvgIpc) is 3.81. The summed E-state index contributed by atoms with van der Waals surface area (Å²) in [6.07, 6.45) is 6.45. The molecule has 0 aromatic carbocycles. The molecule has 17 heteroatoms. The van der Waals surface area contributed by atoms with Crippen molar-refractivity contribution in [3.63, 3.8) is 0 Å². The Bertz CT molecular complexity index is 1800.